The molecule has 0 aliphatic rings. The third-order valence-electron chi connectivity index (χ3n) is 3.59. The van der Waals surface area contributed by atoms with Crippen LogP contribution in [0.4, 0.5) is 0 Å². The lowest BCUT2D eigenvalue weighted by Gasteiger charge is -2.10. The van der Waals surface area contributed by atoms with Crippen molar-refractivity contribution in [1.29, 1.82) is 0 Å². The number of fused-ring (bicyclic) bond motifs is 1. The molecule has 0 bridgehead atoms. The maximum Gasteiger partial charge on any atom is 0.253 e. The molecule has 3 aromatic heterocycles. The number of aromatic nitrogens is 4. The largest absolute Gasteiger partial charge is 0.351 e. The molecule has 1 amide bonds. The second-order valence-electron chi connectivity index (χ2n) is 5.10. The topological polar surface area (TPSA) is 72.2 Å². The lowest BCUT2D eigenvalue weighted by atomic mass is 10.1. The Balaban J connectivity index is 1.80. The predicted octanol–water partition coefficient (Wildman–Crippen LogP) is 2.38. The number of nitrogens with zero attached hydrogens (tertiary/aromatic N) is 4. The van der Waals surface area contributed by atoms with Crippen molar-refractivity contribution >= 4 is 34.8 Å². The minimum atomic E-state index is -0.0176. The van der Waals surface area contributed by atoms with Gasteiger partial charge < -0.3 is 5.32 Å². The normalized spacial score (nSPS) is 11.1. The van der Waals surface area contributed by atoms with E-state index in [2.05, 4.69) is 20.4 Å². The van der Waals surface area contributed by atoms with Crippen LogP contribution in [0.25, 0.3) is 5.78 Å². The van der Waals surface area contributed by atoms with E-state index >= 15 is 0 Å². The number of aryl methyl sites for hydroxylation is 2. The van der Waals surface area contributed by atoms with E-state index < -0.39 is 0 Å². The molecule has 120 valence electrons. The molecule has 0 aliphatic carbocycles. The van der Waals surface area contributed by atoms with Crippen LogP contribution in [0.3, 0.4) is 0 Å². The van der Waals surface area contributed by atoms with Crippen molar-refractivity contribution in [3.8, 4) is 0 Å². The van der Waals surface area contributed by atoms with Crippen molar-refractivity contribution < 1.29 is 4.79 Å². The van der Waals surface area contributed by atoms with Crippen LogP contribution in [0.2, 0.25) is 0 Å². The van der Waals surface area contributed by atoms with E-state index in [1.54, 1.807) is 15.9 Å². The smallest absolute Gasteiger partial charge is 0.253 e. The molecule has 8 heteroatoms. The van der Waals surface area contributed by atoms with Crippen molar-refractivity contribution in [1.82, 2.24) is 24.9 Å². The van der Waals surface area contributed by atoms with Gasteiger partial charge in [0.1, 0.15) is 0 Å². The molecule has 0 radical (unpaired) electrons. The first-order valence-electron chi connectivity index (χ1n) is 7.14. The van der Waals surface area contributed by atoms with Crippen LogP contribution in [-0.2, 0) is 17.8 Å². The van der Waals surface area contributed by atoms with Crippen molar-refractivity contribution in [3.63, 3.8) is 0 Å². The van der Waals surface area contributed by atoms with Gasteiger partial charge in [0, 0.05) is 21.8 Å². The van der Waals surface area contributed by atoms with Crippen molar-refractivity contribution in [2.75, 3.05) is 6.26 Å². The van der Waals surface area contributed by atoms with Gasteiger partial charge in [-0.2, -0.15) is 4.98 Å². The molecular formula is C15H17N5OS2. The van der Waals surface area contributed by atoms with Crippen LogP contribution >= 0.6 is 23.1 Å². The van der Waals surface area contributed by atoms with E-state index in [-0.39, 0.29) is 5.91 Å². The van der Waals surface area contributed by atoms with Crippen LogP contribution < -0.4 is 5.32 Å². The van der Waals surface area contributed by atoms with E-state index in [1.807, 2.05) is 37.6 Å². The summed E-state index contributed by atoms with van der Waals surface area (Å²) in [5.74, 6) is 0.558. The van der Waals surface area contributed by atoms with Crippen molar-refractivity contribution in [3.05, 3.63) is 39.3 Å². The van der Waals surface area contributed by atoms with Crippen LogP contribution in [0.1, 0.15) is 21.8 Å². The molecule has 0 spiro atoms. The molecule has 3 aromatic rings. The molecule has 0 aliphatic heterocycles. The molecule has 0 saturated carbocycles. The van der Waals surface area contributed by atoms with Crippen LogP contribution in [0, 0.1) is 13.8 Å². The minimum absolute atomic E-state index is 0.0176. The van der Waals surface area contributed by atoms with E-state index in [1.165, 1.54) is 11.8 Å². The summed E-state index contributed by atoms with van der Waals surface area (Å²) < 4.78 is 1.71. The Hall–Kier alpha value is -1.93. The Morgan fingerprint density at radius 3 is 2.91 bits per heavy atom. The van der Waals surface area contributed by atoms with E-state index in [0.717, 1.165) is 21.8 Å². The Morgan fingerprint density at radius 1 is 1.39 bits per heavy atom. The number of nitrogens with one attached hydrogen (secondary N) is 1. The standard InChI is InChI=1S/C15H17N5OS2/c1-9-12(7-13(21)16-8-11-5-4-6-23-11)10(2)20-14(17-9)18-15(19-20)22-3/h4-6H,7-8H2,1-3H3,(H,16,21). The molecular weight excluding hydrogens is 330 g/mol. The molecule has 3 rings (SSSR count). The Labute approximate surface area is 142 Å². The number of hydrogen-bond acceptors (Lipinski definition) is 6. The summed E-state index contributed by atoms with van der Waals surface area (Å²) in [5.41, 5.74) is 2.63. The van der Waals surface area contributed by atoms with Gasteiger partial charge in [-0.05, 0) is 31.5 Å². The highest BCUT2D eigenvalue weighted by Gasteiger charge is 2.15. The molecule has 3 heterocycles. The zero-order valence-corrected chi connectivity index (χ0v) is 14.8. The van der Waals surface area contributed by atoms with Gasteiger partial charge in [-0.25, -0.2) is 9.50 Å². The average Bonchev–Trinajstić information content (AvgIpc) is 3.18. The molecule has 0 unspecified atom stereocenters. The number of carbonyl (C=O) groups is 1. The number of carbonyl (C=O) groups excluding carboxylic acids is 1. The fraction of sp³-hybridized carbons (Fsp3) is 0.333. The fourth-order valence-electron chi connectivity index (χ4n) is 2.35. The molecule has 0 fully saturated rings. The second kappa shape index (κ2) is 6.67. The number of amides is 1. The summed E-state index contributed by atoms with van der Waals surface area (Å²) in [4.78, 5) is 22.2. The van der Waals surface area contributed by atoms with Gasteiger partial charge in [-0.3, -0.25) is 4.79 Å². The fourth-order valence-corrected chi connectivity index (χ4v) is 3.34. The van der Waals surface area contributed by atoms with E-state index in [4.69, 9.17) is 0 Å². The highest BCUT2D eigenvalue weighted by atomic mass is 32.2. The molecule has 6 nitrogen and oxygen atoms in total. The number of hydrogen-bond donors (Lipinski definition) is 1. The maximum absolute atomic E-state index is 12.2. The van der Waals surface area contributed by atoms with Gasteiger partial charge in [0.15, 0.2) is 0 Å². The third-order valence-corrected chi connectivity index (χ3v) is 5.00. The minimum Gasteiger partial charge on any atom is -0.351 e. The Kier molecular flexibility index (Phi) is 4.63. The van der Waals surface area contributed by atoms with Crippen LogP contribution in [0.15, 0.2) is 22.7 Å². The van der Waals surface area contributed by atoms with Crippen LogP contribution in [-0.4, -0.2) is 31.7 Å². The lowest BCUT2D eigenvalue weighted by Crippen LogP contribution is -2.25. The van der Waals surface area contributed by atoms with Gasteiger partial charge in [0.05, 0.1) is 13.0 Å². The van der Waals surface area contributed by atoms with E-state index in [0.29, 0.717) is 23.9 Å². The lowest BCUT2D eigenvalue weighted by molar-refractivity contribution is -0.120. The number of thiophene rings is 1. The summed E-state index contributed by atoms with van der Waals surface area (Å²) in [6, 6.07) is 3.99. The quantitative estimate of drug-likeness (QED) is 0.718. The average molecular weight is 347 g/mol. The first kappa shape index (κ1) is 15.9. The summed E-state index contributed by atoms with van der Waals surface area (Å²) in [6.07, 6.45) is 2.22. The third kappa shape index (κ3) is 3.37. The zero-order chi connectivity index (χ0) is 16.4. The van der Waals surface area contributed by atoms with Crippen molar-refractivity contribution in [2.24, 2.45) is 0 Å². The van der Waals surface area contributed by atoms with Gasteiger partial charge >= 0.3 is 0 Å². The summed E-state index contributed by atoms with van der Waals surface area (Å²) in [5, 5.41) is 10.0. The van der Waals surface area contributed by atoms with Gasteiger partial charge in [-0.1, -0.05) is 17.8 Å². The molecule has 23 heavy (non-hydrogen) atoms. The maximum atomic E-state index is 12.2. The summed E-state index contributed by atoms with van der Waals surface area (Å²) in [6.45, 7) is 4.41. The Bertz CT molecular complexity index is 841. The monoisotopic (exact) mass is 347 g/mol. The highest BCUT2D eigenvalue weighted by molar-refractivity contribution is 7.98. The molecule has 0 atom stereocenters. The number of thioether (sulfide) groups is 1. The predicted molar refractivity (Wildman–Crippen MR) is 91.9 cm³/mol. The van der Waals surface area contributed by atoms with Crippen LogP contribution in [0.5, 0.6) is 0 Å². The molecule has 0 aromatic carbocycles. The first-order chi connectivity index (χ1) is 11.1. The van der Waals surface area contributed by atoms with E-state index in [9.17, 15) is 4.79 Å². The number of rotatable bonds is 5. The highest BCUT2D eigenvalue weighted by Crippen LogP contribution is 2.17. The van der Waals surface area contributed by atoms with Gasteiger partial charge in [0.2, 0.25) is 11.1 Å². The van der Waals surface area contributed by atoms with Gasteiger partial charge in [0.25, 0.3) is 5.78 Å². The van der Waals surface area contributed by atoms with Gasteiger partial charge in [-0.15, -0.1) is 16.4 Å². The molecule has 1 N–H and O–H groups in total. The van der Waals surface area contributed by atoms with Crippen molar-refractivity contribution in [2.45, 2.75) is 32.0 Å². The summed E-state index contributed by atoms with van der Waals surface area (Å²) in [7, 11) is 0. The first-order valence-corrected chi connectivity index (χ1v) is 9.25. The zero-order valence-electron chi connectivity index (χ0n) is 13.2. The second-order valence-corrected chi connectivity index (χ2v) is 6.91. The molecule has 0 saturated heterocycles. The SMILES string of the molecule is CSc1nc2nc(C)c(CC(=O)NCc3cccs3)c(C)n2n1. The summed E-state index contributed by atoms with van der Waals surface area (Å²) >= 11 is 3.11. The Morgan fingerprint density at radius 2 is 2.22 bits per heavy atom.